The summed E-state index contributed by atoms with van der Waals surface area (Å²) in [6.45, 7) is 5.42. The minimum Gasteiger partial charge on any atom is -0.384 e. The van der Waals surface area contributed by atoms with E-state index in [2.05, 4.69) is 25.8 Å². The predicted molar refractivity (Wildman–Crippen MR) is 42.1 cm³/mol. The SMILES string of the molecule is COCC1C(C)N(C)C1C. The Hall–Kier alpha value is -0.0800. The third-order valence-corrected chi connectivity index (χ3v) is 2.88. The van der Waals surface area contributed by atoms with E-state index < -0.39 is 0 Å². The van der Waals surface area contributed by atoms with Crippen molar-refractivity contribution in [3.8, 4) is 0 Å². The quantitative estimate of drug-likeness (QED) is 0.571. The molecule has 0 bridgehead atoms. The van der Waals surface area contributed by atoms with Crippen molar-refractivity contribution in [3.05, 3.63) is 0 Å². The molecule has 1 heterocycles. The fourth-order valence-electron chi connectivity index (χ4n) is 1.75. The summed E-state index contributed by atoms with van der Waals surface area (Å²) < 4.78 is 5.11. The van der Waals surface area contributed by atoms with Crippen LogP contribution in [0.5, 0.6) is 0 Å². The van der Waals surface area contributed by atoms with Crippen molar-refractivity contribution in [2.24, 2.45) is 5.92 Å². The molecule has 1 aliphatic rings. The lowest BCUT2D eigenvalue weighted by molar-refractivity contribution is -0.0522. The smallest absolute Gasteiger partial charge is 0.0520 e. The Morgan fingerprint density at radius 1 is 1.30 bits per heavy atom. The predicted octanol–water partition coefficient (Wildman–Crippen LogP) is 0.971. The molecule has 0 amide bonds. The summed E-state index contributed by atoms with van der Waals surface area (Å²) in [6.07, 6.45) is 0. The summed E-state index contributed by atoms with van der Waals surface area (Å²) >= 11 is 0. The monoisotopic (exact) mass is 143 g/mol. The van der Waals surface area contributed by atoms with Crippen LogP contribution in [0.4, 0.5) is 0 Å². The summed E-state index contributed by atoms with van der Waals surface area (Å²) in [6, 6.07) is 1.41. The van der Waals surface area contributed by atoms with Gasteiger partial charge in [-0.25, -0.2) is 0 Å². The van der Waals surface area contributed by atoms with E-state index in [1.54, 1.807) is 7.11 Å². The number of rotatable bonds is 2. The highest BCUT2D eigenvalue weighted by Crippen LogP contribution is 2.29. The van der Waals surface area contributed by atoms with Gasteiger partial charge in [0.2, 0.25) is 0 Å². The van der Waals surface area contributed by atoms with Crippen LogP contribution >= 0.6 is 0 Å². The molecule has 2 heteroatoms. The van der Waals surface area contributed by atoms with Gasteiger partial charge in [0, 0.05) is 25.1 Å². The molecule has 0 aromatic carbocycles. The molecule has 0 N–H and O–H groups in total. The molecule has 60 valence electrons. The molecular weight excluding hydrogens is 126 g/mol. The zero-order chi connectivity index (χ0) is 7.72. The normalized spacial score (nSPS) is 41.4. The largest absolute Gasteiger partial charge is 0.384 e. The Labute approximate surface area is 63.2 Å². The van der Waals surface area contributed by atoms with E-state index in [9.17, 15) is 0 Å². The molecular formula is C8H17NO. The number of nitrogens with zero attached hydrogens (tertiary/aromatic N) is 1. The molecule has 1 fully saturated rings. The molecule has 0 saturated carbocycles. The van der Waals surface area contributed by atoms with Crippen LogP contribution in [0.2, 0.25) is 0 Å². The molecule has 1 rings (SSSR count). The van der Waals surface area contributed by atoms with Crippen molar-refractivity contribution in [3.63, 3.8) is 0 Å². The molecule has 0 radical (unpaired) electrons. The van der Waals surface area contributed by atoms with Gasteiger partial charge in [0.25, 0.3) is 0 Å². The molecule has 10 heavy (non-hydrogen) atoms. The molecule has 2 unspecified atom stereocenters. The third kappa shape index (κ3) is 1.06. The number of methoxy groups -OCH3 is 1. The molecule has 2 nitrogen and oxygen atoms in total. The second-order valence-corrected chi connectivity index (χ2v) is 3.27. The van der Waals surface area contributed by atoms with E-state index >= 15 is 0 Å². The first kappa shape index (κ1) is 8.02. The summed E-state index contributed by atoms with van der Waals surface area (Å²) in [7, 11) is 3.94. The molecule has 2 atom stereocenters. The van der Waals surface area contributed by atoms with Crippen LogP contribution in [0, 0.1) is 5.92 Å². The second-order valence-electron chi connectivity index (χ2n) is 3.27. The van der Waals surface area contributed by atoms with E-state index in [-0.39, 0.29) is 0 Å². The van der Waals surface area contributed by atoms with E-state index in [0.717, 1.165) is 12.5 Å². The fourth-order valence-corrected chi connectivity index (χ4v) is 1.75. The standard InChI is InChI=1S/C8H17NO/c1-6-8(5-10-4)7(2)9(6)3/h6-8H,5H2,1-4H3. The molecule has 1 aliphatic heterocycles. The first-order valence-electron chi connectivity index (χ1n) is 3.89. The van der Waals surface area contributed by atoms with Crippen molar-refractivity contribution in [1.29, 1.82) is 0 Å². The van der Waals surface area contributed by atoms with Crippen LogP contribution < -0.4 is 0 Å². The summed E-state index contributed by atoms with van der Waals surface area (Å²) in [5.41, 5.74) is 0. The van der Waals surface area contributed by atoms with Crippen LogP contribution in [0.15, 0.2) is 0 Å². The van der Waals surface area contributed by atoms with E-state index in [1.165, 1.54) is 0 Å². The van der Waals surface area contributed by atoms with Gasteiger partial charge in [0.1, 0.15) is 0 Å². The maximum absolute atomic E-state index is 5.11. The first-order chi connectivity index (χ1) is 4.68. The highest BCUT2D eigenvalue weighted by molar-refractivity contribution is 4.93. The Morgan fingerprint density at radius 2 is 1.80 bits per heavy atom. The average molecular weight is 143 g/mol. The van der Waals surface area contributed by atoms with Gasteiger partial charge in [0.15, 0.2) is 0 Å². The Morgan fingerprint density at radius 3 is 2.20 bits per heavy atom. The van der Waals surface area contributed by atoms with Crippen molar-refractivity contribution in [2.75, 3.05) is 20.8 Å². The van der Waals surface area contributed by atoms with Crippen LogP contribution in [0.3, 0.4) is 0 Å². The van der Waals surface area contributed by atoms with Gasteiger partial charge in [0.05, 0.1) is 6.61 Å². The molecule has 1 saturated heterocycles. The van der Waals surface area contributed by atoms with Crippen molar-refractivity contribution < 1.29 is 4.74 Å². The Bertz CT molecular complexity index is 106. The van der Waals surface area contributed by atoms with Crippen molar-refractivity contribution >= 4 is 0 Å². The van der Waals surface area contributed by atoms with Gasteiger partial charge in [-0.15, -0.1) is 0 Å². The highest BCUT2D eigenvalue weighted by atomic mass is 16.5. The number of hydrogen-bond donors (Lipinski definition) is 0. The summed E-state index contributed by atoms with van der Waals surface area (Å²) in [5.74, 6) is 0.745. The zero-order valence-corrected chi connectivity index (χ0v) is 7.29. The highest BCUT2D eigenvalue weighted by Gasteiger charge is 2.39. The fraction of sp³-hybridized carbons (Fsp3) is 1.00. The van der Waals surface area contributed by atoms with Crippen LogP contribution in [-0.2, 0) is 4.74 Å². The third-order valence-electron chi connectivity index (χ3n) is 2.88. The number of hydrogen-bond acceptors (Lipinski definition) is 2. The Balaban J connectivity index is 2.34. The van der Waals surface area contributed by atoms with Crippen molar-refractivity contribution in [1.82, 2.24) is 4.90 Å². The maximum atomic E-state index is 5.11. The van der Waals surface area contributed by atoms with Gasteiger partial charge in [-0.05, 0) is 20.9 Å². The molecule has 0 aromatic rings. The molecule has 0 spiro atoms. The van der Waals surface area contributed by atoms with Crippen LogP contribution in [0.1, 0.15) is 13.8 Å². The first-order valence-corrected chi connectivity index (χ1v) is 3.89. The van der Waals surface area contributed by atoms with Gasteiger partial charge in [-0.2, -0.15) is 0 Å². The number of likely N-dealkylation sites (tertiary alicyclic amines) is 1. The number of ether oxygens (including phenoxy) is 1. The summed E-state index contributed by atoms with van der Waals surface area (Å²) in [5, 5.41) is 0. The van der Waals surface area contributed by atoms with Gasteiger partial charge in [-0.1, -0.05) is 0 Å². The van der Waals surface area contributed by atoms with Crippen LogP contribution in [0.25, 0.3) is 0 Å². The minimum atomic E-state index is 0.704. The van der Waals surface area contributed by atoms with Gasteiger partial charge in [-0.3, -0.25) is 0 Å². The minimum absolute atomic E-state index is 0.704. The maximum Gasteiger partial charge on any atom is 0.0520 e. The molecule has 0 aromatic heterocycles. The molecule has 0 aliphatic carbocycles. The lowest BCUT2D eigenvalue weighted by Gasteiger charge is -2.50. The Kier molecular flexibility index (Phi) is 2.32. The summed E-state index contributed by atoms with van der Waals surface area (Å²) in [4.78, 5) is 2.38. The second kappa shape index (κ2) is 2.89. The van der Waals surface area contributed by atoms with E-state index in [4.69, 9.17) is 4.74 Å². The van der Waals surface area contributed by atoms with Gasteiger partial charge < -0.3 is 9.64 Å². The van der Waals surface area contributed by atoms with Gasteiger partial charge >= 0.3 is 0 Å². The van der Waals surface area contributed by atoms with Crippen LogP contribution in [-0.4, -0.2) is 37.7 Å². The van der Waals surface area contributed by atoms with E-state index in [0.29, 0.717) is 12.1 Å². The topological polar surface area (TPSA) is 12.5 Å². The lowest BCUT2D eigenvalue weighted by Crippen LogP contribution is -2.60. The van der Waals surface area contributed by atoms with Crippen molar-refractivity contribution in [2.45, 2.75) is 25.9 Å². The zero-order valence-electron chi connectivity index (χ0n) is 7.29. The lowest BCUT2D eigenvalue weighted by atomic mass is 9.83. The van der Waals surface area contributed by atoms with E-state index in [1.807, 2.05) is 0 Å². The average Bonchev–Trinajstić information content (AvgIpc) is 1.98.